The van der Waals surface area contributed by atoms with E-state index >= 15 is 0 Å². The van der Waals surface area contributed by atoms with E-state index < -0.39 is 10.0 Å². The lowest BCUT2D eigenvalue weighted by Crippen LogP contribution is -2.41. The molecule has 1 saturated carbocycles. The smallest absolute Gasteiger partial charge is 0.243 e. The van der Waals surface area contributed by atoms with E-state index in [1.165, 1.54) is 12.3 Å². The number of pyridine rings is 1. The Hall–Kier alpha value is -1.09. The number of sulfonamides is 1. The third-order valence-corrected chi connectivity index (χ3v) is 5.07. The van der Waals surface area contributed by atoms with Crippen molar-refractivity contribution in [1.29, 1.82) is 0 Å². The molecule has 1 aliphatic carbocycles. The molecule has 20 heavy (non-hydrogen) atoms. The normalized spacial score (nSPS) is 22.9. The number of ether oxygens (including phenoxy) is 1. The molecule has 1 heterocycles. The monoisotopic (exact) mass is 315 g/mol. The summed E-state index contributed by atoms with van der Waals surface area (Å²) < 4.78 is 32.9. The predicted molar refractivity (Wildman–Crippen MR) is 78.9 cm³/mol. The first-order valence-corrected chi connectivity index (χ1v) is 8.15. The van der Waals surface area contributed by atoms with Crippen molar-refractivity contribution in [3.8, 4) is 0 Å². The summed E-state index contributed by atoms with van der Waals surface area (Å²) in [6.07, 6.45) is 3.89. The van der Waals surface area contributed by atoms with Gasteiger partial charge in [0.15, 0.2) is 0 Å². The van der Waals surface area contributed by atoms with Crippen LogP contribution < -0.4 is 10.5 Å². The molecule has 2 atom stereocenters. The van der Waals surface area contributed by atoms with E-state index in [0.717, 1.165) is 19.3 Å². The maximum absolute atomic E-state index is 12.5. The molecule has 2 rings (SSSR count). The Morgan fingerprint density at radius 3 is 2.95 bits per heavy atom. The van der Waals surface area contributed by atoms with Crippen molar-refractivity contribution in [2.45, 2.75) is 36.3 Å². The molecule has 0 spiro atoms. The summed E-state index contributed by atoms with van der Waals surface area (Å²) in [5.74, 6) is 0. The summed E-state index contributed by atoms with van der Waals surface area (Å²) in [6.45, 7) is 0. The average Bonchev–Trinajstić information content (AvgIpc) is 2.85. The molecule has 2 unspecified atom stereocenters. The maximum atomic E-state index is 12.5. The molecule has 8 heteroatoms. The third-order valence-electron chi connectivity index (χ3n) is 3.36. The molecule has 0 aromatic carbocycles. The fraction of sp³-hybridized carbons (Fsp3) is 0.500. The van der Waals surface area contributed by atoms with Gasteiger partial charge in [-0.15, -0.1) is 0 Å². The summed E-state index contributed by atoms with van der Waals surface area (Å²) in [5, 5.41) is 0. The number of nitrogens with zero attached hydrogens (tertiary/aromatic N) is 1. The largest absolute Gasteiger partial charge is 0.388 e. The van der Waals surface area contributed by atoms with Gasteiger partial charge in [0.25, 0.3) is 0 Å². The number of rotatable bonds is 5. The first-order chi connectivity index (χ1) is 9.45. The fourth-order valence-corrected chi connectivity index (χ4v) is 4.10. The first-order valence-electron chi connectivity index (χ1n) is 6.25. The summed E-state index contributed by atoms with van der Waals surface area (Å²) in [5.41, 5.74) is 5.64. The van der Waals surface area contributed by atoms with Gasteiger partial charge >= 0.3 is 0 Å². The molecule has 1 aliphatic rings. The van der Waals surface area contributed by atoms with Crippen LogP contribution in [0, 0.1) is 0 Å². The van der Waals surface area contributed by atoms with Crippen LogP contribution in [-0.2, 0) is 14.8 Å². The van der Waals surface area contributed by atoms with Crippen LogP contribution in [0.1, 0.15) is 25.0 Å². The third kappa shape index (κ3) is 3.14. The second-order valence-electron chi connectivity index (χ2n) is 4.65. The summed E-state index contributed by atoms with van der Waals surface area (Å²) in [4.78, 5) is 3.91. The second kappa shape index (κ2) is 6.13. The molecule has 0 amide bonds. The van der Waals surface area contributed by atoms with Crippen molar-refractivity contribution in [3.63, 3.8) is 0 Å². The number of aromatic nitrogens is 1. The van der Waals surface area contributed by atoms with Gasteiger partial charge in [0.2, 0.25) is 10.0 Å². The second-order valence-corrected chi connectivity index (χ2v) is 6.77. The van der Waals surface area contributed by atoms with Gasteiger partial charge in [0.1, 0.15) is 15.6 Å². The molecule has 0 aliphatic heterocycles. The summed E-state index contributed by atoms with van der Waals surface area (Å²) in [7, 11) is -2.14. The molecule has 0 bridgehead atoms. The molecule has 1 aromatic heterocycles. The summed E-state index contributed by atoms with van der Waals surface area (Å²) in [6, 6.07) is 2.75. The number of hydrogen-bond acceptors (Lipinski definition) is 5. The van der Waals surface area contributed by atoms with Gasteiger partial charge in [0.05, 0.1) is 6.10 Å². The van der Waals surface area contributed by atoms with E-state index in [2.05, 4.69) is 9.71 Å². The highest BCUT2D eigenvalue weighted by Crippen LogP contribution is 2.24. The lowest BCUT2D eigenvalue weighted by Gasteiger charge is -2.20. The number of thiocarbonyl (C=S) groups is 1. The Labute approximate surface area is 123 Å². The Morgan fingerprint density at radius 1 is 1.55 bits per heavy atom. The number of hydrogen-bond donors (Lipinski definition) is 2. The molecular formula is C12H17N3O3S2. The van der Waals surface area contributed by atoms with Gasteiger partial charge in [-0.05, 0) is 31.4 Å². The van der Waals surface area contributed by atoms with Crippen molar-refractivity contribution in [2.24, 2.45) is 5.73 Å². The van der Waals surface area contributed by atoms with Crippen LogP contribution in [0.5, 0.6) is 0 Å². The lowest BCUT2D eigenvalue weighted by molar-refractivity contribution is 0.0916. The Kier molecular flexibility index (Phi) is 4.69. The highest BCUT2D eigenvalue weighted by molar-refractivity contribution is 7.89. The minimum atomic E-state index is -3.72. The molecule has 0 radical (unpaired) electrons. The molecular weight excluding hydrogens is 298 g/mol. The Balaban J connectivity index is 2.29. The van der Waals surface area contributed by atoms with Crippen LogP contribution in [0.25, 0.3) is 0 Å². The van der Waals surface area contributed by atoms with Gasteiger partial charge in [-0.2, -0.15) is 0 Å². The zero-order chi connectivity index (χ0) is 14.8. The zero-order valence-electron chi connectivity index (χ0n) is 11.1. The zero-order valence-corrected chi connectivity index (χ0v) is 12.7. The fourth-order valence-electron chi connectivity index (χ4n) is 2.40. The molecule has 0 saturated heterocycles. The average molecular weight is 315 g/mol. The van der Waals surface area contributed by atoms with Gasteiger partial charge in [-0.3, -0.25) is 4.98 Å². The molecule has 6 nitrogen and oxygen atoms in total. The van der Waals surface area contributed by atoms with Gasteiger partial charge in [0, 0.05) is 19.3 Å². The SMILES string of the molecule is COC1CCCC1NS(=O)(=O)c1cccnc1C(N)=S. The van der Waals surface area contributed by atoms with Crippen molar-refractivity contribution in [3.05, 3.63) is 24.0 Å². The minimum Gasteiger partial charge on any atom is -0.388 e. The quantitative estimate of drug-likeness (QED) is 0.771. The Morgan fingerprint density at radius 2 is 2.30 bits per heavy atom. The van der Waals surface area contributed by atoms with Crippen LogP contribution in [0.15, 0.2) is 23.2 Å². The van der Waals surface area contributed by atoms with E-state index in [0.29, 0.717) is 0 Å². The predicted octanol–water partition coefficient (Wildman–Crippen LogP) is 0.562. The lowest BCUT2D eigenvalue weighted by atomic mass is 10.2. The van der Waals surface area contributed by atoms with Crippen LogP contribution in [0.4, 0.5) is 0 Å². The van der Waals surface area contributed by atoms with Gasteiger partial charge in [-0.1, -0.05) is 12.2 Å². The first kappa shape index (κ1) is 15.3. The standard InChI is InChI=1S/C12H17N3O3S2/c1-18-9-5-2-4-8(9)15-20(16,17)10-6-3-7-14-11(10)12(13)19/h3,6-9,15H,2,4-5H2,1H3,(H2,13,19). The van der Waals surface area contributed by atoms with Crippen LogP contribution in [0.3, 0.4) is 0 Å². The van der Waals surface area contributed by atoms with Gasteiger partial charge < -0.3 is 10.5 Å². The van der Waals surface area contributed by atoms with Crippen LogP contribution >= 0.6 is 12.2 Å². The van der Waals surface area contributed by atoms with E-state index in [1.807, 2.05) is 0 Å². The van der Waals surface area contributed by atoms with Crippen molar-refractivity contribution >= 4 is 27.2 Å². The summed E-state index contributed by atoms with van der Waals surface area (Å²) >= 11 is 4.85. The molecule has 1 fully saturated rings. The molecule has 3 N–H and O–H groups in total. The number of nitrogens with two attached hydrogens (primary N) is 1. The minimum absolute atomic E-state index is 0.00857. The van der Waals surface area contributed by atoms with Crippen molar-refractivity contribution < 1.29 is 13.2 Å². The maximum Gasteiger partial charge on any atom is 0.243 e. The highest BCUT2D eigenvalue weighted by atomic mass is 32.2. The van der Waals surface area contributed by atoms with Crippen LogP contribution in [0.2, 0.25) is 0 Å². The van der Waals surface area contributed by atoms with E-state index in [1.54, 1.807) is 13.2 Å². The highest BCUT2D eigenvalue weighted by Gasteiger charge is 2.32. The Bertz CT molecular complexity index is 604. The molecule has 1 aromatic rings. The van der Waals surface area contributed by atoms with Crippen LogP contribution in [-0.4, -0.2) is 37.6 Å². The van der Waals surface area contributed by atoms with Gasteiger partial charge in [-0.25, -0.2) is 13.1 Å². The molecule has 110 valence electrons. The van der Waals surface area contributed by atoms with E-state index in [4.69, 9.17) is 22.7 Å². The van der Waals surface area contributed by atoms with E-state index in [-0.39, 0.29) is 27.7 Å². The number of nitrogens with one attached hydrogen (secondary N) is 1. The van der Waals surface area contributed by atoms with Crippen molar-refractivity contribution in [1.82, 2.24) is 9.71 Å². The van der Waals surface area contributed by atoms with Crippen molar-refractivity contribution in [2.75, 3.05) is 7.11 Å². The topological polar surface area (TPSA) is 94.3 Å². The number of methoxy groups -OCH3 is 1. The van der Waals surface area contributed by atoms with E-state index in [9.17, 15) is 8.42 Å².